The van der Waals surface area contributed by atoms with Crippen molar-refractivity contribution in [1.29, 1.82) is 0 Å². The van der Waals surface area contributed by atoms with Gasteiger partial charge >= 0.3 is 0 Å². The second-order valence-corrected chi connectivity index (χ2v) is 4.10. The van der Waals surface area contributed by atoms with E-state index >= 15 is 0 Å². The Hall–Kier alpha value is -1.35. The molecule has 0 saturated carbocycles. The average Bonchev–Trinajstić information content (AvgIpc) is 2.82. The number of rotatable bonds is 4. The van der Waals surface area contributed by atoms with Crippen LogP contribution in [0.5, 0.6) is 0 Å². The molecule has 2 nitrogen and oxygen atoms in total. The van der Waals surface area contributed by atoms with Crippen LogP contribution >= 0.6 is 0 Å². The van der Waals surface area contributed by atoms with Crippen LogP contribution in [0.3, 0.4) is 0 Å². The Labute approximate surface area is 101 Å². The molecule has 1 aromatic carbocycles. The van der Waals surface area contributed by atoms with Gasteiger partial charge in [0.1, 0.15) is 11.6 Å². The Bertz CT molecular complexity index is 409. The van der Waals surface area contributed by atoms with Crippen LogP contribution in [-0.2, 0) is 9.47 Å². The van der Waals surface area contributed by atoms with Gasteiger partial charge in [0.2, 0.25) is 0 Å². The van der Waals surface area contributed by atoms with Gasteiger partial charge in [0.05, 0.1) is 18.3 Å². The van der Waals surface area contributed by atoms with E-state index in [4.69, 9.17) is 9.47 Å². The minimum Gasteiger partial charge on any atom is -0.494 e. The van der Waals surface area contributed by atoms with Gasteiger partial charge in [-0.2, -0.15) is 0 Å². The summed E-state index contributed by atoms with van der Waals surface area (Å²) in [5.74, 6) is 0.0836. The van der Waals surface area contributed by atoms with Gasteiger partial charge in [0.25, 0.3) is 0 Å². The molecule has 0 N–H and O–H groups in total. The van der Waals surface area contributed by atoms with Crippen LogP contribution in [0.4, 0.5) is 4.39 Å². The highest BCUT2D eigenvalue weighted by molar-refractivity contribution is 5.58. The third-order valence-corrected chi connectivity index (χ3v) is 2.91. The summed E-state index contributed by atoms with van der Waals surface area (Å²) in [4.78, 5) is 0. The van der Waals surface area contributed by atoms with E-state index in [0.29, 0.717) is 17.9 Å². The first-order chi connectivity index (χ1) is 8.22. The third kappa shape index (κ3) is 2.67. The van der Waals surface area contributed by atoms with Crippen LogP contribution in [0.2, 0.25) is 0 Å². The van der Waals surface area contributed by atoms with Crippen molar-refractivity contribution in [2.24, 2.45) is 0 Å². The quantitative estimate of drug-likeness (QED) is 0.742. The van der Waals surface area contributed by atoms with Crippen molar-refractivity contribution >= 4 is 5.76 Å². The Kier molecular flexibility index (Phi) is 3.79. The summed E-state index contributed by atoms with van der Waals surface area (Å²) < 4.78 is 24.6. The van der Waals surface area contributed by atoms with E-state index in [1.807, 2.05) is 13.0 Å². The minimum atomic E-state index is -0.295. The van der Waals surface area contributed by atoms with Crippen molar-refractivity contribution in [3.8, 4) is 0 Å². The topological polar surface area (TPSA) is 18.5 Å². The summed E-state index contributed by atoms with van der Waals surface area (Å²) in [5.41, 5.74) is 1.32. The molecular weight excluding hydrogens is 219 g/mol. The van der Waals surface area contributed by atoms with Gasteiger partial charge in [-0.05, 0) is 37.5 Å². The fourth-order valence-electron chi connectivity index (χ4n) is 2.05. The first kappa shape index (κ1) is 12.1. The van der Waals surface area contributed by atoms with Crippen LogP contribution < -0.4 is 0 Å². The molecule has 0 unspecified atom stereocenters. The molecule has 1 fully saturated rings. The molecular formula is C14H17FO2. The minimum absolute atomic E-state index is 0.0407. The van der Waals surface area contributed by atoms with Gasteiger partial charge in [0.15, 0.2) is 0 Å². The van der Waals surface area contributed by atoms with Crippen molar-refractivity contribution < 1.29 is 13.9 Å². The molecule has 0 aromatic heterocycles. The highest BCUT2D eigenvalue weighted by atomic mass is 19.1. The number of hydrogen-bond donors (Lipinski definition) is 0. The van der Waals surface area contributed by atoms with Crippen LogP contribution in [0.25, 0.3) is 5.76 Å². The van der Waals surface area contributed by atoms with E-state index in [-0.39, 0.29) is 11.9 Å². The second kappa shape index (κ2) is 5.32. The van der Waals surface area contributed by atoms with Crippen molar-refractivity contribution in [3.63, 3.8) is 0 Å². The lowest BCUT2D eigenvalue weighted by molar-refractivity contribution is 0.111. The van der Waals surface area contributed by atoms with E-state index in [9.17, 15) is 4.39 Å². The van der Waals surface area contributed by atoms with Gasteiger partial charge in [-0.15, -0.1) is 0 Å². The molecule has 0 aliphatic carbocycles. The largest absolute Gasteiger partial charge is 0.494 e. The lowest BCUT2D eigenvalue weighted by Gasteiger charge is -2.12. The fraction of sp³-hybridized carbons (Fsp3) is 0.429. The first-order valence-corrected chi connectivity index (χ1v) is 5.95. The van der Waals surface area contributed by atoms with Crippen LogP contribution in [0.15, 0.2) is 24.8 Å². The summed E-state index contributed by atoms with van der Waals surface area (Å²) in [6, 6.07) is 5.12. The van der Waals surface area contributed by atoms with Crippen molar-refractivity contribution in [1.82, 2.24) is 0 Å². The molecule has 92 valence electrons. The molecule has 17 heavy (non-hydrogen) atoms. The van der Waals surface area contributed by atoms with E-state index in [0.717, 1.165) is 25.0 Å². The lowest BCUT2D eigenvalue weighted by atomic mass is 10.0. The number of halogens is 1. The first-order valence-electron chi connectivity index (χ1n) is 5.95. The number of benzene rings is 1. The Balaban J connectivity index is 2.19. The Morgan fingerprint density at radius 2 is 2.41 bits per heavy atom. The van der Waals surface area contributed by atoms with E-state index in [1.165, 1.54) is 6.07 Å². The van der Waals surface area contributed by atoms with Gasteiger partial charge in [-0.3, -0.25) is 0 Å². The van der Waals surface area contributed by atoms with Crippen LogP contribution in [0.1, 0.15) is 37.0 Å². The summed E-state index contributed by atoms with van der Waals surface area (Å²) in [6.45, 7) is 6.82. The molecule has 0 bridgehead atoms. The standard InChI is InChI=1S/C14H17FO2/c1-3-16-10(2)12-7-6-11(9-13(12)15)14-5-4-8-17-14/h6-7,9,14H,2-5,8H2,1H3/t14-/m0/s1. The summed E-state index contributed by atoms with van der Waals surface area (Å²) in [7, 11) is 0. The Morgan fingerprint density at radius 1 is 1.59 bits per heavy atom. The molecule has 0 spiro atoms. The zero-order chi connectivity index (χ0) is 12.3. The van der Waals surface area contributed by atoms with Gasteiger partial charge in [0, 0.05) is 6.61 Å². The zero-order valence-corrected chi connectivity index (χ0v) is 10.0. The predicted molar refractivity (Wildman–Crippen MR) is 65.0 cm³/mol. The van der Waals surface area contributed by atoms with Crippen molar-refractivity contribution in [2.75, 3.05) is 13.2 Å². The molecule has 1 saturated heterocycles. The van der Waals surface area contributed by atoms with Crippen molar-refractivity contribution in [2.45, 2.75) is 25.9 Å². The molecule has 1 aliphatic heterocycles. The lowest BCUT2D eigenvalue weighted by Crippen LogP contribution is -1.99. The summed E-state index contributed by atoms with van der Waals surface area (Å²) in [6.07, 6.45) is 2.05. The maximum absolute atomic E-state index is 13.9. The van der Waals surface area contributed by atoms with Crippen molar-refractivity contribution in [3.05, 3.63) is 41.7 Å². The van der Waals surface area contributed by atoms with E-state index in [2.05, 4.69) is 6.58 Å². The Morgan fingerprint density at radius 3 is 3.00 bits per heavy atom. The van der Waals surface area contributed by atoms with Gasteiger partial charge < -0.3 is 9.47 Å². The predicted octanol–water partition coefficient (Wildman–Crippen LogP) is 3.68. The molecule has 1 aliphatic rings. The smallest absolute Gasteiger partial charge is 0.134 e. The number of ether oxygens (including phenoxy) is 2. The van der Waals surface area contributed by atoms with Crippen LogP contribution in [0, 0.1) is 5.82 Å². The second-order valence-electron chi connectivity index (χ2n) is 4.10. The van der Waals surface area contributed by atoms with E-state index in [1.54, 1.807) is 6.07 Å². The normalized spacial score (nSPS) is 19.3. The summed E-state index contributed by atoms with van der Waals surface area (Å²) >= 11 is 0. The molecule has 0 amide bonds. The van der Waals surface area contributed by atoms with Gasteiger partial charge in [-0.25, -0.2) is 4.39 Å². The average molecular weight is 236 g/mol. The highest BCUT2D eigenvalue weighted by Crippen LogP contribution is 2.30. The molecule has 1 heterocycles. The molecule has 1 aromatic rings. The molecule has 0 radical (unpaired) electrons. The highest BCUT2D eigenvalue weighted by Gasteiger charge is 2.19. The third-order valence-electron chi connectivity index (χ3n) is 2.91. The number of hydrogen-bond acceptors (Lipinski definition) is 2. The molecule has 1 atom stereocenters. The molecule has 2 rings (SSSR count). The van der Waals surface area contributed by atoms with E-state index < -0.39 is 0 Å². The summed E-state index contributed by atoms with van der Waals surface area (Å²) in [5, 5.41) is 0. The molecule has 3 heteroatoms. The monoisotopic (exact) mass is 236 g/mol. The maximum atomic E-state index is 13.9. The van der Waals surface area contributed by atoms with Crippen LogP contribution in [-0.4, -0.2) is 13.2 Å². The van der Waals surface area contributed by atoms with Gasteiger partial charge in [-0.1, -0.05) is 12.6 Å². The fourth-order valence-corrected chi connectivity index (χ4v) is 2.05. The SMILES string of the molecule is C=C(OCC)c1ccc([C@@H]2CCCO2)cc1F. The maximum Gasteiger partial charge on any atom is 0.134 e. The zero-order valence-electron chi connectivity index (χ0n) is 10.0.